The lowest BCUT2D eigenvalue weighted by Gasteiger charge is -2.11. The van der Waals surface area contributed by atoms with Crippen LogP contribution >= 0.6 is 27.3 Å². The monoisotopic (exact) mass is 342 g/mol. The first-order valence-corrected chi connectivity index (χ1v) is 7.44. The van der Waals surface area contributed by atoms with Crippen LogP contribution in [0.3, 0.4) is 0 Å². The Balaban J connectivity index is 1.98. The fourth-order valence-electron chi connectivity index (χ4n) is 1.63. The molecule has 2 N–H and O–H groups in total. The molecule has 1 unspecified atom stereocenters. The van der Waals surface area contributed by atoms with Crippen molar-refractivity contribution in [2.75, 3.05) is 12.4 Å². The highest BCUT2D eigenvalue weighted by Gasteiger charge is 2.09. The van der Waals surface area contributed by atoms with Gasteiger partial charge >= 0.3 is 0 Å². The molecule has 0 bridgehead atoms. The summed E-state index contributed by atoms with van der Waals surface area (Å²) in [5.41, 5.74) is 0.904. The molecule has 1 amide bonds. The molecule has 7 heteroatoms. The smallest absolute Gasteiger partial charge is 0.241 e. The predicted molar refractivity (Wildman–Crippen MR) is 80.4 cm³/mol. The number of nitrogens with one attached hydrogen (secondary N) is 2. The highest BCUT2D eigenvalue weighted by Crippen LogP contribution is 2.29. The van der Waals surface area contributed by atoms with Crippen molar-refractivity contribution in [1.82, 2.24) is 15.1 Å². The summed E-state index contributed by atoms with van der Waals surface area (Å²) in [6.45, 7) is 2.32. The first-order valence-electron chi connectivity index (χ1n) is 5.83. The summed E-state index contributed by atoms with van der Waals surface area (Å²) in [6, 6.07) is 4.32. The van der Waals surface area contributed by atoms with E-state index in [9.17, 15) is 4.79 Å². The molecular weight excluding hydrogens is 328 g/mol. The number of nitrogens with zero attached hydrogens (tertiary/aromatic N) is 2. The molecule has 0 aliphatic heterocycles. The normalized spacial score (nSPS) is 12.2. The van der Waals surface area contributed by atoms with Gasteiger partial charge in [-0.3, -0.25) is 9.48 Å². The summed E-state index contributed by atoms with van der Waals surface area (Å²) in [6.07, 6.45) is 3.55. The third-order valence-corrected chi connectivity index (χ3v) is 4.43. The van der Waals surface area contributed by atoms with Crippen LogP contribution in [0.25, 0.3) is 0 Å². The second-order valence-corrected chi connectivity index (χ2v) is 6.60. The Kier molecular flexibility index (Phi) is 4.60. The van der Waals surface area contributed by atoms with E-state index in [1.807, 2.05) is 12.3 Å². The van der Waals surface area contributed by atoms with Crippen molar-refractivity contribution in [3.05, 3.63) is 33.2 Å². The maximum atomic E-state index is 11.2. The van der Waals surface area contributed by atoms with Crippen LogP contribution in [0.4, 0.5) is 5.69 Å². The van der Waals surface area contributed by atoms with E-state index in [2.05, 4.69) is 44.7 Å². The summed E-state index contributed by atoms with van der Waals surface area (Å²) in [7, 11) is 1.61. The number of rotatable bonds is 5. The van der Waals surface area contributed by atoms with Crippen LogP contribution in [0.2, 0.25) is 0 Å². The molecular formula is C12H15BrN4OS. The van der Waals surface area contributed by atoms with Gasteiger partial charge in [0.1, 0.15) is 6.54 Å². The van der Waals surface area contributed by atoms with Gasteiger partial charge in [-0.05, 0) is 35.0 Å². The van der Waals surface area contributed by atoms with E-state index >= 15 is 0 Å². The molecule has 0 aromatic carbocycles. The number of aromatic nitrogens is 2. The van der Waals surface area contributed by atoms with E-state index in [4.69, 9.17) is 0 Å². The van der Waals surface area contributed by atoms with Crippen molar-refractivity contribution in [2.45, 2.75) is 19.5 Å². The minimum atomic E-state index is -0.0649. The van der Waals surface area contributed by atoms with Crippen LogP contribution in [-0.4, -0.2) is 22.7 Å². The van der Waals surface area contributed by atoms with E-state index < -0.39 is 0 Å². The molecule has 2 rings (SSSR count). The largest absolute Gasteiger partial charge is 0.375 e. The zero-order chi connectivity index (χ0) is 13.8. The standard InChI is InChI=1S/C12H15BrN4OS/c1-8(10-3-4-11(13)19-10)16-9-5-15-17(6-9)7-12(18)14-2/h3-6,8,16H,7H2,1-2H3,(H,14,18). The topological polar surface area (TPSA) is 59.0 Å². The van der Waals surface area contributed by atoms with Gasteiger partial charge in [0.15, 0.2) is 0 Å². The van der Waals surface area contributed by atoms with Crippen molar-refractivity contribution in [2.24, 2.45) is 0 Å². The Morgan fingerprint density at radius 1 is 1.58 bits per heavy atom. The van der Waals surface area contributed by atoms with Crippen molar-refractivity contribution in [3.8, 4) is 0 Å². The van der Waals surface area contributed by atoms with Gasteiger partial charge < -0.3 is 10.6 Å². The maximum Gasteiger partial charge on any atom is 0.241 e. The molecule has 2 aromatic rings. The van der Waals surface area contributed by atoms with Crippen molar-refractivity contribution >= 4 is 38.9 Å². The van der Waals surface area contributed by atoms with Crippen LogP contribution in [0.1, 0.15) is 17.8 Å². The molecule has 0 aliphatic rings. The highest BCUT2D eigenvalue weighted by atomic mass is 79.9. The Bertz CT molecular complexity index is 566. The minimum Gasteiger partial charge on any atom is -0.375 e. The highest BCUT2D eigenvalue weighted by molar-refractivity contribution is 9.11. The Morgan fingerprint density at radius 3 is 3.00 bits per heavy atom. The van der Waals surface area contributed by atoms with E-state index in [1.54, 1.807) is 29.3 Å². The molecule has 0 radical (unpaired) electrons. The predicted octanol–water partition coefficient (Wildman–Crippen LogP) is 2.63. The van der Waals surface area contributed by atoms with E-state index in [-0.39, 0.29) is 18.5 Å². The van der Waals surface area contributed by atoms with E-state index in [0.717, 1.165) is 9.47 Å². The number of likely N-dealkylation sites (N-methyl/N-ethyl adjacent to an activating group) is 1. The molecule has 0 fully saturated rings. The Hall–Kier alpha value is -1.34. The zero-order valence-electron chi connectivity index (χ0n) is 10.7. The van der Waals surface area contributed by atoms with Gasteiger partial charge in [-0.1, -0.05) is 0 Å². The number of thiophene rings is 1. The lowest BCUT2D eigenvalue weighted by molar-refractivity contribution is -0.121. The molecule has 1 atom stereocenters. The van der Waals surface area contributed by atoms with Gasteiger partial charge in [0.2, 0.25) is 5.91 Å². The van der Waals surface area contributed by atoms with Crippen LogP contribution in [0.15, 0.2) is 28.3 Å². The fraction of sp³-hybridized carbons (Fsp3) is 0.333. The Labute approximate surface area is 124 Å². The zero-order valence-corrected chi connectivity index (χ0v) is 13.1. The van der Waals surface area contributed by atoms with Crippen LogP contribution in [0, 0.1) is 0 Å². The van der Waals surface area contributed by atoms with Crippen molar-refractivity contribution in [3.63, 3.8) is 0 Å². The minimum absolute atomic E-state index is 0.0649. The number of anilines is 1. The average molecular weight is 343 g/mol. The molecule has 2 heterocycles. The molecule has 102 valence electrons. The second-order valence-electron chi connectivity index (χ2n) is 4.11. The molecule has 0 aliphatic carbocycles. The number of amides is 1. The van der Waals surface area contributed by atoms with Crippen LogP contribution < -0.4 is 10.6 Å². The second kappa shape index (κ2) is 6.21. The molecule has 5 nitrogen and oxygen atoms in total. The Morgan fingerprint density at radius 2 is 2.37 bits per heavy atom. The number of hydrogen-bond donors (Lipinski definition) is 2. The summed E-state index contributed by atoms with van der Waals surface area (Å²) in [5, 5.41) is 10.1. The van der Waals surface area contributed by atoms with Gasteiger partial charge in [-0.15, -0.1) is 11.3 Å². The quantitative estimate of drug-likeness (QED) is 0.877. The van der Waals surface area contributed by atoms with E-state index in [0.29, 0.717) is 0 Å². The molecule has 0 saturated carbocycles. The number of halogens is 1. The maximum absolute atomic E-state index is 11.2. The lowest BCUT2D eigenvalue weighted by atomic mass is 10.3. The summed E-state index contributed by atoms with van der Waals surface area (Å²) >= 11 is 5.15. The van der Waals surface area contributed by atoms with Crippen molar-refractivity contribution < 1.29 is 4.79 Å². The third-order valence-electron chi connectivity index (χ3n) is 2.62. The number of carbonyl (C=O) groups is 1. The lowest BCUT2D eigenvalue weighted by Crippen LogP contribution is -2.23. The number of carbonyl (C=O) groups excluding carboxylic acids is 1. The molecule has 0 spiro atoms. The summed E-state index contributed by atoms with van der Waals surface area (Å²) in [4.78, 5) is 12.5. The fourth-order valence-corrected chi connectivity index (χ4v) is 3.06. The molecule has 19 heavy (non-hydrogen) atoms. The van der Waals surface area contributed by atoms with Gasteiger partial charge in [-0.25, -0.2) is 0 Å². The van der Waals surface area contributed by atoms with E-state index in [1.165, 1.54) is 4.88 Å². The first-order chi connectivity index (χ1) is 9.08. The van der Waals surface area contributed by atoms with Gasteiger partial charge in [0.05, 0.1) is 21.7 Å². The van der Waals surface area contributed by atoms with Crippen LogP contribution in [0.5, 0.6) is 0 Å². The van der Waals surface area contributed by atoms with Gasteiger partial charge in [0, 0.05) is 18.1 Å². The average Bonchev–Trinajstić information content (AvgIpc) is 2.98. The summed E-state index contributed by atoms with van der Waals surface area (Å²) < 4.78 is 2.73. The first kappa shape index (κ1) is 14.1. The van der Waals surface area contributed by atoms with Crippen LogP contribution in [-0.2, 0) is 11.3 Å². The SMILES string of the molecule is CNC(=O)Cn1cc(NC(C)c2ccc(Br)s2)cn1. The van der Waals surface area contributed by atoms with Gasteiger partial charge in [-0.2, -0.15) is 5.10 Å². The number of hydrogen-bond acceptors (Lipinski definition) is 4. The molecule has 0 saturated heterocycles. The molecule has 2 aromatic heterocycles. The summed E-state index contributed by atoms with van der Waals surface area (Å²) in [5.74, 6) is -0.0649. The van der Waals surface area contributed by atoms with Crippen molar-refractivity contribution in [1.29, 1.82) is 0 Å². The van der Waals surface area contributed by atoms with Gasteiger partial charge in [0.25, 0.3) is 0 Å². The third kappa shape index (κ3) is 3.81.